The van der Waals surface area contributed by atoms with Crippen LogP contribution in [0, 0.1) is 0 Å². The van der Waals surface area contributed by atoms with E-state index in [9.17, 15) is 14.4 Å². The maximum absolute atomic E-state index is 13.9. The number of esters is 1. The van der Waals surface area contributed by atoms with Gasteiger partial charge >= 0.3 is 5.97 Å². The number of carbonyl (C=O) groups excluding carboxylic acids is 2. The number of carbonyl (C=O) groups is 2. The molecule has 0 radical (unpaired) electrons. The highest BCUT2D eigenvalue weighted by Crippen LogP contribution is 2.37. The van der Waals surface area contributed by atoms with Gasteiger partial charge < -0.3 is 18.6 Å². The van der Waals surface area contributed by atoms with E-state index in [0.717, 1.165) is 5.56 Å². The van der Waals surface area contributed by atoms with Crippen molar-refractivity contribution < 1.29 is 28.2 Å². The monoisotopic (exact) mass is 572 g/mol. The van der Waals surface area contributed by atoms with E-state index >= 15 is 0 Å². The molecule has 1 atom stereocenters. The fraction of sp³-hybridized carbons (Fsp3) is 0.226. The Labute approximate surface area is 239 Å². The Morgan fingerprint density at radius 2 is 1.83 bits per heavy atom. The number of Topliss-reactive ketones (excluding diaryl/α,β-unsaturated/α-hetero) is 1. The molecule has 1 aliphatic rings. The fourth-order valence-electron chi connectivity index (χ4n) is 4.71. The highest BCUT2D eigenvalue weighted by molar-refractivity contribution is 7.07. The van der Waals surface area contributed by atoms with Crippen molar-refractivity contribution in [2.24, 2.45) is 4.99 Å². The van der Waals surface area contributed by atoms with Crippen LogP contribution in [0.5, 0.6) is 11.5 Å². The number of aromatic nitrogens is 1. The molecule has 0 aliphatic carbocycles. The minimum atomic E-state index is -0.833. The number of rotatable bonds is 8. The summed E-state index contributed by atoms with van der Waals surface area (Å²) in [5.74, 6) is 1.52. The minimum absolute atomic E-state index is 0.0148. The zero-order valence-corrected chi connectivity index (χ0v) is 24.0. The molecule has 0 saturated carbocycles. The first-order valence-electron chi connectivity index (χ1n) is 12.9. The summed E-state index contributed by atoms with van der Waals surface area (Å²) in [7, 11) is 3.07. The van der Waals surface area contributed by atoms with Crippen LogP contribution in [0.3, 0.4) is 0 Å². The van der Waals surface area contributed by atoms with Crippen molar-refractivity contribution in [3.05, 3.63) is 102 Å². The average Bonchev–Trinajstić information content (AvgIpc) is 3.56. The van der Waals surface area contributed by atoms with Gasteiger partial charge in [-0.3, -0.25) is 14.2 Å². The molecule has 4 aromatic rings. The molecule has 0 bridgehead atoms. The molecule has 0 saturated heterocycles. The summed E-state index contributed by atoms with van der Waals surface area (Å²) in [5, 5.41) is 0. The average molecular weight is 573 g/mol. The second-order valence-electron chi connectivity index (χ2n) is 9.25. The lowest BCUT2D eigenvalue weighted by Crippen LogP contribution is -2.40. The highest BCUT2D eigenvalue weighted by atomic mass is 32.1. The normalized spacial score (nSPS) is 14.9. The Morgan fingerprint density at radius 1 is 1.07 bits per heavy atom. The van der Waals surface area contributed by atoms with Crippen LogP contribution in [-0.4, -0.2) is 37.1 Å². The van der Waals surface area contributed by atoms with E-state index in [0.29, 0.717) is 49.2 Å². The maximum Gasteiger partial charge on any atom is 0.338 e. The molecule has 0 fully saturated rings. The Bertz CT molecular complexity index is 1860. The van der Waals surface area contributed by atoms with Crippen molar-refractivity contribution in [1.82, 2.24) is 4.57 Å². The van der Waals surface area contributed by atoms with E-state index in [1.807, 2.05) is 12.1 Å². The Morgan fingerprint density at radius 3 is 2.49 bits per heavy atom. The van der Waals surface area contributed by atoms with E-state index < -0.39 is 12.0 Å². The van der Waals surface area contributed by atoms with Gasteiger partial charge in [0.15, 0.2) is 10.6 Å². The van der Waals surface area contributed by atoms with Crippen molar-refractivity contribution in [2.75, 3.05) is 20.8 Å². The fourth-order valence-corrected chi connectivity index (χ4v) is 5.74. The highest BCUT2D eigenvalue weighted by Gasteiger charge is 2.35. The summed E-state index contributed by atoms with van der Waals surface area (Å²) in [6.07, 6.45) is 1.66. The number of ether oxygens (including phenoxy) is 3. The van der Waals surface area contributed by atoms with Crippen molar-refractivity contribution in [3.8, 4) is 22.8 Å². The lowest BCUT2D eigenvalue weighted by molar-refractivity contribution is -0.139. The van der Waals surface area contributed by atoms with Gasteiger partial charge in [0, 0.05) is 28.8 Å². The van der Waals surface area contributed by atoms with Gasteiger partial charge in [0.25, 0.3) is 5.56 Å². The van der Waals surface area contributed by atoms with E-state index in [4.69, 9.17) is 18.6 Å². The summed E-state index contributed by atoms with van der Waals surface area (Å²) in [6, 6.07) is 15.1. The molecule has 10 heteroatoms. The lowest BCUT2D eigenvalue weighted by atomic mass is 9.95. The topological polar surface area (TPSA) is 109 Å². The number of benzene rings is 2. The number of furan rings is 1. The molecule has 2 aromatic heterocycles. The second kappa shape index (κ2) is 11.4. The summed E-state index contributed by atoms with van der Waals surface area (Å²) < 4.78 is 24.3. The molecule has 0 amide bonds. The van der Waals surface area contributed by atoms with Crippen LogP contribution in [-0.2, 0) is 9.53 Å². The zero-order chi connectivity index (χ0) is 29.3. The maximum atomic E-state index is 13.9. The summed E-state index contributed by atoms with van der Waals surface area (Å²) in [6.45, 7) is 5.14. The molecule has 5 rings (SSSR count). The third kappa shape index (κ3) is 5.26. The van der Waals surface area contributed by atoms with Gasteiger partial charge in [-0.2, -0.15) is 0 Å². The first-order chi connectivity index (χ1) is 19.7. The van der Waals surface area contributed by atoms with Crippen LogP contribution >= 0.6 is 11.3 Å². The Hall–Kier alpha value is -4.70. The summed E-state index contributed by atoms with van der Waals surface area (Å²) in [4.78, 5) is 43.7. The summed E-state index contributed by atoms with van der Waals surface area (Å²) >= 11 is 1.20. The molecule has 0 unspecified atom stereocenters. The lowest BCUT2D eigenvalue weighted by Gasteiger charge is -2.26. The largest absolute Gasteiger partial charge is 0.497 e. The zero-order valence-electron chi connectivity index (χ0n) is 23.2. The van der Waals surface area contributed by atoms with Crippen LogP contribution in [0.4, 0.5) is 0 Å². The van der Waals surface area contributed by atoms with Gasteiger partial charge in [-0.05, 0) is 45.0 Å². The van der Waals surface area contributed by atoms with Gasteiger partial charge in [-0.1, -0.05) is 35.6 Å². The van der Waals surface area contributed by atoms with Gasteiger partial charge in [0.1, 0.15) is 29.1 Å². The van der Waals surface area contributed by atoms with E-state index in [2.05, 4.69) is 4.99 Å². The Balaban J connectivity index is 1.63. The number of ketones is 1. The quantitative estimate of drug-likeness (QED) is 0.229. The van der Waals surface area contributed by atoms with Crippen LogP contribution in [0.25, 0.3) is 17.4 Å². The molecular weight excluding hydrogens is 544 g/mol. The van der Waals surface area contributed by atoms with E-state index in [1.165, 1.54) is 29.9 Å². The van der Waals surface area contributed by atoms with Crippen LogP contribution in [0.15, 0.2) is 80.1 Å². The number of thiazole rings is 1. The molecule has 3 heterocycles. The SMILES string of the molecule is CCOC(=O)C1=C(C)N=c2s/c(=C\c3ccc(-c4ccc(C(C)=O)cc4)o3)c(=O)n2[C@H]1c1ccc(OC)cc1OC. The number of allylic oxidation sites excluding steroid dienone is 1. The number of hydrogen-bond acceptors (Lipinski definition) is 9. The molecule has 0 spiro atoms. The first kappa shape index (κ1) is 27.9. The molecule has 0 N–H and O–H groups in total. The predicted molar refractivity (Wildman–Crippen MR) is 154 cm³/mol. The minimum Gasteiger partial charge on any atom is -0.497 e. The molecule has 1 aliphatic heterocycles. The van der Waals surface area contributed by atoms with Crippen molar-refractivity contribution in [3.63, 3.8) is 0 Å². The molecule has 210 valence electrons. The number of fused-ring (bicyclic) bond motifs is 1. The molecular formula is C31H28N2O7S. The van der Waals surface area contributed by atoms with Crippen LogP contribution in [0.2, 0.25) is 0 Å². The molecule has 9 nitrogen and oxygen atoms in total. The Kier molecular flexibility index (Phi) is 7.76. The van der Waals surface area contributed by atoms with Gasteiger partial charge in [-0.25, -0.2) is 9.79 Å². The predicted octanol–water partition coefficient (Wildman–Crippen LogP) is 4.28. The van der Waals surface area contributed by atoms with Gasteiger partial charge in [0.05, 0.1) is 36.6 Å². The van der Waals surface area contributed by atoms with Crippen molar-refractivity contribution in [2.45, 2.75) is 26.8 Å². The van der Waals surface area contributed by atoms with Gasteiger partial charge in [-0.15, -0.1) is 0 Å². The third-order valence-corrected chi connectivity index (χ3v) is 7.71. The molecule has 2 aromatic carbocycles. The number of methoxy groups -OCH3 is 2. The van der Waals surface area contributed by atoms with Crippen molar-refractivity contribution in [1.29, 1.82) is 0 Å². The number of nitrogens with zero attached hydrogens (tertiary/aromatic N) is 2. The van der Waals surface area contributed by atoms with Crippen LogP contribution in [0.1, 0.15) is 48.5 Å². The third-order valence-electron chi connectivity index (χ3n) is 6.73. The standard InChI is InChI=1S/C31H28N2O7S/c1-6-39-30(36)27-17(2)32-31-33(28(27)23-13-11-21(37-4)15-25(23)38-5)29(35)26(41-31)16-22-12-14-24(40-22)20-9-7-19(8-10-20)18(3)34/h7-16,28H,6H2,1-5H3/b26-16-/t28-/m0/s1. The van der Waals surface area contributed by atoms with E-state index in [-0.39, 0.29) is 23.5 Å². The number of hydrogen-bond donors (Lipinski definition) is 0. The van der Waals surface area contributed by atoms with Gasteiger partial charge in [0.2, 0.25) is 0 Å². The summed E-state index contributed by atoms with van der Waals surface area (Å²) in [5.41, 5.74) is 2.37. The van der Waals surface area contributed by atoms with Crippen molar-refractivity contribution >= 4 is 29.2 Å². The second-order valence-corrected chi connectivity index (χ2v) is 10.3. The smallest absolute Gasteiger partial charge is 0.338 e. The molecule has 41 heavy (non-hydrogen) atoms. The van der Waals surface area contributed by atoms with Crippen LogP contribution < -0.4 is 24.4 Å². The van der Waals surface area contributed by atoms with E-state index in [1.54, 1.807) is 69.5 Å². The first-order valence-corrected chi connectivity index (χ1v) is 13.7.